The van der Waals surface area contributed by atoms with E-state index in [0.29, 0.717) is 40.4 Å². The van der Waals surface area contributed by atoms with Crippen molar-refractivity contribution in [2.24, 2.45) is 0 Å². The molecule has 1 N–H and O–H groups in total. The fourth-order valence-corrected chi connectivity index (χ4v) is 4.07. The number of nitrogens with zero attached hydrogens (tertiary/aromatic N) is 2. The number of amides is 2. The van der Waals surface area contributed by atoms with Crippen LogP contribution in [0.25, 0.3) is 0 Å². The first-order valence-corrected chi connectivity index (χ1v) is 10.6. The topological polar surface area (TPSA) is 71.1 Å². The van der Waals surface area contributed by atoms with E-state index >= 15 is 0 Å². The van der Waals surface area contributed by atoms with Crippen molar-refractivity contribution in [3.05, 3.63) is 53.1 Å². The van der Waals surface area contributed by atoms with Gasteiger partial charge in [0.25, 0.3) is 5.91 Å². The van der Waals surface area contributed by atoms with Crippen molar-refractivity contribution in [1.29, 1.82) is 0 Å². The van der Waals surface area contributed by atoms with Gasteiger partial charge in [-0.2, -0.15) is 0 Å². The Balaban J connectivity index is 1.81. The minimum Gasteiger partial charge on any atom is -0.493 e. The van der Waals surface area contributed by atoms with Crippen molar-refractivity contribution in [2.75, 3.05) is 26.1 Å². The summed E-state index contributed by atoms with van der Waals surface area (Å²) in [6.45, 7) is 2.64. The van der Waals surface area contributed by atoms with Crippen LogP contribution in [0.15, 0.2) is 42.5 Å². The Morgan fingerprint density at radius 1 is 1.16 bits per heavy atom. The van der Waals surface area contributed by atoms with Gasteiger partial charge in [0.1, 0.15) is 6.04 Å². The first-order valence-electron chi connectivity index (χ1n) is 9.76. The highest BCUT2D eigenvalue weighted by molar-refractivity contribution is 7.80. The molecule has 9 heteroatoms. The molecular weight excluding hydrogens is 438 g/mol. The molecule has 31 heavy (non-hydrogen) atoms. The number of benzene rings is 2. The Kier molecular flexibility index (Phi) is 7.35. The monoisotopic (exact) mass is 461 g/mol. The molecule has 7 nitrogen and oxygen atoms in total. The third-order valence-corrected chi connectivity index (χ3v) is 5.83. The number of rotatable bonds is 8. The third-order valence-electron chi connectivity index (χ3n) is 5.05. The lowest BCUT2D eigenvalue weighted by molar-refractivity contribution is -0.130. The summed E-state index contributed by atoms with van der Waals surface area (Å²) in [5.41, 5.74) is 1.38. The van der Waals surface area contributed by atoms with Crippen LogP contribution < -0.4 is 14.8 Å². The molecule has 1 aliphatic rings. The van der Waals surface area contributed by atoms with Gasteiger partial charge in [-0.3, -0.25) is 14.5 Å². The number of hydrogen-bond donors (Lipinski definition) is 1. The summed E-state index contributed by atoms with van der Waals surface area (Å²) in [7, 11) is 3.13. The Morgan fingerprint density at radius 2 is 1.87 bits per heavy atom. The number of methoxy groups -OCH3 is 2. The maximum absolute atomic E-state index is 13.0. The number of likely N-dealkylation sites (N-methyl/N-ethyl adjacent to an activating group) is 1. The molecule has 3 rings (SSSR count). The average Bonchev–Trinajstić information content (AvgIpc) is 2.98. The van der Waals surface area contributed by atoms with Crippen molar-refractivity contribution in [2.45, 2.75) is 25.9 Å². The standard InChI is InChI=1S/C22H24ClN3O4S/c1-4-25-21(28)17(12-20(27)24-16-8-6-5-7-15(16)23)26(22(25)31)13-14-9-10-18(29-2)19(11-14)30-3/h5-11,17H,4,12-13H2,1-3H3,(H,24,27)/t17-/m1/s1. The summed E-state index contributed by atoms with van der Waals surface area (Å²) in [6, 6.07) is 11.8. The molecular formula is C22H24ClN3O4S. The Labute approximate surface area is 191 Å². The van der Waals surface area contributed by atoms with Crippen molar-refractivity contribution < 1.29 is 19.1 Å². The Bertz CT molecular complexity index is 1000. The zero-order valence-corrected chi connectivity index (χ0v) is 19.1. The highest BCUT2D eigenvalue weighted by atomic mass is 35.5. The van der Waals surface area contributed by atoms with Gasteiger partial charge in [0.05, 0.1) is 31.4 Å². The molecule has 1 saturated heterocycles. The second-order valence-electron chi connectivity index (χ2n) is 6.93. The Morgan fingerprint density at radius 3 is 2.52 bits per heavy atom. The second-order valence-corrected chi connectivity index (χ2v) is 7.70. The van der Waals surface area contributed by atoms with Gasteiger partial charge in [-0.05, 0) is 49.0 Å². The number of carbonyl (C=O) groups excluding carboxylic acids is 2. The molecule has 2 aromatic carbocycles. The molecule has 0 aliphatic carbocycles. The fraction of sp³-hybridized carbons (Fsp3) is 0.318. The van der Waals surface area contributed by atoms with Crippen LogP contribution >= 0.6 is 23.8 Å². The summed E-state index contributed by atoms with van der Waals surface area (Å²) in [4.78, 5) is 29.0. The van der Waals surface area contributed by atoms with Crippen molar-refractivity contribution >= 4 is 46.4 Å². The number of thiocarbonyl (C=S) groups is 1. The Hall–Kier alpha value is -2.84. The number of para-hydroxylation sites is 1. The van der Waals surface area contributed by atoms with Crippen LogP contribution in [0.2, 0.25) is 5.02 Å². The van der Waals surface area contributed by atoms with E-state index in [4.69, 9.17) is 33.3 Å². The van der Waals surface area contributed by atoms with E-state index < -0.39 is 6.04 Å². The molecule has 164 valence electrons. The summed E-state index contributed by atoms with van der Waals surface area (Å²) in [6.07, 6.45) is -0.0476. The van der Waals surface area contributed by atoms with Crippen LogP contribution in [0.1, 0.15) is 18.9 Å². The number of halogens is 1. The van der Waals surface area contributed by atoms with E-state index in [1.165, 1.54) is 4.90 Å². The predicted molar refractivity (Wildman–Crippen MR) is 124 cm³/mol. The van der Waals surface area contributed by atoms with Gasteiger partial charge >= 0.3 is 0 Å². The number of carbonyl (C=O) groups is 2. The molecule has 0 spiro atoms. The van der Waals surface area contributed by atoms with E-state index in [2.05, 4.69) is 5.32 Å². The molecule has 1 aliphatic heterocycles. The molecule has 2 aromatic rings. The number of nitrogens with one attached hydrogen (secondary N) is 1. The average molecular weight is 462 g/mol. The molecule has 0 aromatic heterocycles. The molecule has 0 unspecified atom stereocenters. The van der Waals surface area contributed by atoms with Gasteiger partial charge < -0.3 is 19.7 Å². The second kappa shape index (κ2) is 9.98. The zero-order chi connectivity index (χ0) is 22.5. The molecule has 1 atom stereocenters. The molecule has 0 saturated carbocycles. The molecule has 1 fully saturated rings. The summed E-state index contributed by atoms with van der Waals surface area (Å²) in [5, 5.41) is 3.61. The van der Waals surface area contributed by atoms with Crippen LogP contribution in [-0.4, -0.2) is 53.5 Å². The summed E-state index contributed by atoms with van der Waals surface area (Å²) in [5.74, 6) is 0.681. The number of ether oxygens (including phenoxy) is 2. The SMILES string of the molecule is CCN1C(=O)[C@@H](CC(=O)Nc2ccccc2Cl)N(Cc2ccc(OC)c(OC)c2)C1=S. The third kappa shape index (κ3) is 4.91. The minimum atomic E-state index is -0.706. The zero-order valence-electron chi connectivity index (χ0n) is 17.6. The van der Waals surface area contributed by atoms with Crippen LogP contribution in [0, 0.1) is 0 Å². The first-order chi connectivity index (χ1) is 14.9. The van der Waals surface area contributed by atoms with Gasteiger partial charge in [-0.25, -0.2) is 0 Å². The van der Waals surface area contributed by atoms with E-state index in [1.54, 1.807) is 49.5 Å². The van der Waals surface area contributed by atoms with E-state index in [1.807, 2.05) is 19.1 Å². The fourth-order valence-electron chi connectivity index (χ4n) is 3.48. The van der Waals surface area contributed by atoms with Gasteiger partial charge in [0.2, 0.25) is 5.91 Å². The van der Waals surface area contributed by atoms with Gasteiger partial charge in [-0.1, -0.05) is 29.8 Å². The van der Waals surface area contributed by atoms with E-state index in [0.717, 1.165) is 5.56 Å². The molecule has 0 bridgehead atoms. The highest BCUT2D eigenvalue weighted by Gasteiger charge is 2.42. The van der Waals surface area contributed by atoms with E-state index in [9.17, 15) is 9.59 Å². The number of hydrogen-bond acceptors (Lipinski definition) is 5. The highest BCUT2D eigenvalue weighted by Crippen LogP contribution is 2.30. The number of anilines is 1. The lowest BCUT2D eigenvalue weighted by Crippen LogP contribution is -2.37. The normalized spacial score (nSPS) is 15.9. The largest absolute Gasteiger partial charge is 0.493 e. The predicted octanol–water partition coefficient (Wildman–Crippen LogP) is 3.70. The quantitative estimate of drug-likeness (QED) is 0.604. The van der Waals surface area contributed by atoms with E-state index in [-0.39, 0.29) is 18.2 Å². The molecule has 2 amide bonds. The van der Waals surface area contributed by atoms with Gasteiger partial charge in [-0.15, -0.1) is 0 Å². The molecule has 1 heterocycles. The first kappa shape index (κ1) is 22.8. The molecule has 0 radical (unpaired) electrons. The minimum absolute atomic E-state index is 0.0476. The maximum atomic E-state index is 13.0. The van der Waals surface area contributed by atoms with Crippen molar-refractivity contribution in [1.82, 2.24) is 9.80 Å². The van der Waals surface area contributed by atoms with Crippen LogP contribution in [0.4, 0.5) is 5.69 Å². The van der Waals surface area contributed by atoms with Crippen LogP contribution in [0.5, 0.6) is 11.5 Å². The van der Waals surface area contributed by atoms with Crippen molar-refractivity contribution in [3.8, 4) is 11.5 Å². The van der Waals surface area contributed by atoms with Crippen LogP contribution in [-0.2, 0) is 16.1 Å². The van der Waals surface area contributed by atoms with Gasteiger partial charge in [0, 0.05) is 13.1 Å². The summed E-state index contributed by atoms with van der Waals surface area (Å²) < 4.78 is 10.7. The maximum Gasteiger partial charge on any atom is 0.252 e. The van der Waals surface area contributed by atoms with Crippen LogP contribution in [0.3, 0.4) is 0 Å². The lowest BCUT2D eigenvalue weighted by atomic mass is 10.1. The smallest absolute Gasteiger partial charge is 0.252 e. The lowest BCUT2D eigenvalue weighted by Gasteiger charge is -2.24. The summed E-state index contributed by atoms with van der Waals surface area (Å²) >= 11 is 11.7. The van der Waals surface area contributed by atoms with Crippen molar-refractivity contribution in [3.63, 3.8) is 0 Å². The van der Waals surface area contributed by atoms with Gasteiger partial charge in [0.15, 0.2) is 16.6 Å².